The van der Waals surface area contributed by atoms with Crippen LogP contribution in [0.5, 0.6) is 5.75 Å². The third kappa shape index (κ3) is 2.36. The summed E-state index contributed by atoms with van der Waals surface area (Å²) in [5, 5.41) is 9.91. The van der Waals surface area contributed by atoms with Gasteiger partial charge in [-0.3, -0.25) is 0 Å². The maximum Gasteiger partial charge on any atom is 0.118 e. The van der Waals surface area contributed by atoms with Crippen LogP contribution in [0.3, 0.4) is 0 Å². The second-order valence-electron chi connectivity index (χ2n) is 5.88. The number of rotatable bonds is 3. The Morgan fingerprint density at radius 3 is 2.65 bits per heavy atom. The molecule has 20 heavy (non-hydrogen) atoms. The van der Waals surface area contributed by atoms with Gasteiger partial charge in [-0.25, -0.2) is 0 Å². The van der Waals surface area contributed by atoms with Crippen molar-refractivity contribution >= 4 is 6.08 Å². The Morgan fingerprint density at radius 1 is 1.05 bits per heavy atom. The molecule has 1 nitrogen and oxygen atoms in total. The molecule has 1 N–H and O–H groups in total. The Kier molecular flexibility index (Phi) is 3.35. The predicted octanol–water partition coefficient (Wildman–Crippen LogP) is 4.70. The number of hydrogen-bond donors (Lipinski definition) is 1. The molecule has 0 saturated heterocycles. The second-order valence-corrected chi connectivity index (χ2v) is 5.88. The monoisotopic (exact) mass is 264 g/mol. The topological polar surface area (TPSA) is 20.2 Å². The van der Waals surface area contributed by atoms with Crippen LogP contribution >= 0.6 is 0 Å². The van der Waals surface area contributed by atoms with Crippen LogP contribution in [0.25, 0.3) is 6.08 Å². The summed E-state index contributed by atoms with van der Waals surface area (Å²) in [4.78, 5) is 0. The van der Waals surface area contributed by atoms with Crippen LogP contribution < -0.4 is 0 Å². The number of aromatic hydroxyl groups is 1. The smallest absolute Gasteiger partial charge is 0.118 e. The molecule has 0 aliphatic heterocycles. The van der Waals surface area contributed by atoms with Crippen molar-refractivity contribution in [3.05, 3.63) is 71.3 Å². The molecule has 1 aliphatic rings. The van der Waals surface area contributed by atoms with Crippen LogP contribution in [-0.2, 0) is 11.8 Å². The molecule has 0 spiro atoms. The lowest BCUT2D eigenvalue weighted by atomic mass is 9.71. The fourth-order valence-corrected chi connectivity index (χ4v) is 3.12. The third-order valence-electron chi connectivity index (χ3n) is 4.41. The van der Waals surface area contributed by atoms with Crippen LogP contribution in [0.2, 0.25) is 0 Å². The summed E-state index contributed by atoms with van der Waals surface area (Å²) in [6.45, 7) is 2.33. The Morgan fingerprint density at radius 2 is 1.80 bits per heavy atom. The predicted molar refractivity (Wildman–Crippen MR) is 83.9 cm³/mol. The largest absolute Gasteiger partial charge is 0.508 e. The van der Waals surface area contributed by atoms with Crippen molar-refractivity contribution in [3.8, 4) is 5.75 Å². The average molecular weight is 264 g/mol. The molecule has 0 radical (unpaired) electrons. The summed E-state index contributed by atoms with van der Waals surface area (Å²) < 4.78 is 0. The van der Waals surface area contributed by atoms with Crippen LogP contribution in [0, 0.1) is 0 Å². The first kappa shape index (κ1) is 13.0. The molecule has 0 heterocycles. The summed E-state index contributed by atoms with van der Waals surface area (Å²) in [5.74, 6) is 0.413. The Bertz CT molecular complexity index is 642. The van der Waals surface area contributed by atoms with E-state index >= 15 is 0 Å². The van der Waals surface area contributed by atoms with Crippen molar-refractivity contribution < 1.29 is 5.11 Å². The van der Waals surface area contributed by atoms with Crippen molar-refractivity contribution in [3.63, 3.8) is 0 Å². The van der Waals surface area contributed by atoms with E-state index in [4.69, 9.17) is 0 Å². The van der Waals surface area contributed by atoms with Gasteiger partial charge in [0.15, 0.2) is 0 Å². The second kappa shape index (κ2) is 5.16. The Hall–Kier alpha value is -2.02. The molecule has 0 fully saturated rings. The number of aryl methyl sites for hydroxylation is 1. The van der Waals surface area contributed by atoms with Crippen LogP contribution in [-0.4, -0.2) is 5.11 Å². The van der Waals surface area contributed by atoms with Gasteiger partial charge in [0.25, 0.3) is 0 Å². The van der Waals surface area contributed by atoms with E-state index < -0.39 is 0 Å². The van der Waals surface area contributed by atoms with Crippen molar-refractivity contribution in [1.82, 2.24) is 0 Å². The number of hydrogen-bond acceptors (Lipinski definition) is 1. The molecular weight excluding hydrogens is 244 g/mol. The minimum absolute atomic E-state index is 0.160. The van der Waals surface area contributed by atoms with E-state index in [1.807, 2.05) is 18.2 Å². The van der Waals surface area contributed by atoms with Gasteiger partial charge in [-0.2, -0.15) is 0 Å². The van der Waals surface area contributed by atoms with E-state index in [1.54, 1.807) is 6.07 Å². The molecule has 1 aliphatic carbocycles. The van der Waals surface area contributed by atoms with Gasteiger partial charge in [0.2, 0.25) is 0 Å². The zero-order valence-electron chi connectivity index (χ0n) is 11.8. The number of phenols is 1. The van der Waals surface area contributed by atoms with E-state index in [1.165, 1.54) is 11.1 Å². The molecule has 1 heteroatoms. The highest BCUT2D eigenvalue weighted by molar-refractivity contribution is 5.59. The molecule has 102 valence electrons. The normalized spacial score (nSPS) is 20.6. The standard InChI is InChI=1S/C19H20O/c1-19(14-12-16-8-3-5-11-18(16)20)13-6-9-15-7-2-4-10-17(15)19/h2-11,20H,12-14H2,1H3. The number of allylic oxidation sites excluding steroid dienone is 1. The van der Waals surface area contributed by atoms with Gasteiger partial charge in [-0.15, -0.1) is 0 Å². The van der Waals surface area contributed by atoms with Gasteiger partial charge in [0, 0.05) is 0 Å². The molecule has 2 aromatic rings. The summed E-state index contributed by atoms with van der Waals surface area (Å²) in [6.07, 6.45) is 7.51. The maximum atomic E-state index is 9.91. The lowest BCUT2D eigenvalue weighted by molar-refractivity contribution is 0.424. The number of para-hydroxylation sites is 1. The molecule has 0 aromatic heterocycles. The first-order chi connectivity index (χ1) is 9.69. The summed E-state index contributed by atoms with van der Waals surface area (Å²) >= 11 is 0. The minimum atomic E-state index is 0.160. The highest BCUT2D eigenvalue weighted by Crippen LogP contribution is 2.39. The van der Waals surface area contributed by atoms with Crippen molar-refractivity contribution in [2.75, 3.05) is 0 Å². The molecule has 1 atom stereocenters. The van der Waals surface area contributed by atoms with E-state index in [2.05, 4.69) is 43.3 Å². The number of phenolic OH excluding ortho intramolecular Hbond substituents is 1. The fourth-order valence-electron chi connectivity index (χ4n) is 3.12. The lowest BCUT2D eigenvalue weighted by Gasteiger charge is -2.33. The summed E-state index contributed by atoms with van der Waals surface area (Å²) in [7, 11) is 0. The van der Waals surface area contributed by atoms with Crippen molar-refractivity contribution in [1.29, 1.82) is 0 Å². The molecule has 0 amide bonds. The van der Waals surface area contributed by atoms with Gasteiger partial charge in [-0.05, 0) is 47.4 Å². The summed E-state index contributed by atoms with van der Waals surface area (Å²) in [5.41, 5.74) is 3.96. The van der Waals surface area contributed by atoms with Gasteiger partial charge >= 0.3 is 0 Å². The molecule has 1 unspecified atom stereocenters. The molecule has 0 saturated carbocycles. The number of benzene rings is 2. The molecule has 0 bridgehead atoms. The average Bonchev–Trinajstić information content (AvgIpc) is 2.47. The van der Waals surface area contributed by atoms with E-state index in [9.17, 15) is 5.11 Å². The van der Waals surface area contributed by atoms with Gasteiger partial charge in [0.05, 0.1) is 0 Å². The van der Waals surface area contributed by atoms with Crippen molar-refractivity contribution in [2.24, 2.45) is 0 Å². The highest BCUT2D eigenvalue weighted by atomic mass is 16.3. The lowest BCUT2D eigenvalue weighted by Crippen LogP contribution is -2.25. The Labute approximate surface area is 120 Å². The van der Waals surface area contributed by atoms with Gasteiger partial charge in [0.1, 0.15) is 5.75 Å². The highest BCUT2D eigenvalue weighted by Gasteiger charge is 2.29. The van der Waals surface area contributed by atoms with Crippen molar-refractivity contribution in [2.45, 2.75) is 31.6 Å². The van der Waals surface area contributed by atoms with Crippen LogP contribution in [0.15, 0.2) is 54.6 Å². The van der Waals surface area contributed by atoms with E-state index in [-0.39, 0.29) is 5.41 Å². The molecule has 3 rings (SSSR count). The molecular formula is C19H20O. The number of fused-ring (bicyclic) bond motifs is 1. The van der Waals surface area contributed by atoms with E-state index in [0.717, 1.165) is 24.8 Å². The zero-order valence-corrected chi connectivity index (χ0v) is 11.8. The van der Waals surface area contributed by atoms with E-state index in [0.29, 0.717) is 5.75 Å². The first-order valence-corrected chi connectivity index (χ1v) is 7.22. The summed E-state index contributed by atoms with van der Waals surface area (Å²) in [6, 6.07) is 16.3. The zero-order chi connectivity index (χ0) is 14.0. The maximum absolute atomic E-state index is 9.91. The fraction of sp³-hybridized carbons (Fsp3) is 0.263. The minimum Gasteiger partial charge on any atom is -0.508 e. The Balaban J connectivity index is 1.84. The first-order valence-electron chi connectivity index (χ1n) is 7.22. The van der Waals surface area contributed by atoms with Gasteiger partial charge in [-0.1, -0.05) is 61.5 Å². The van der Waals surface area contributed by atoms with Gasteiger partial charge < -0.3 is 5.11 Å². The quantitative estimate of drug-likeness (QED) is 0.852. The third-order valence-corrected chi connectivity index (χ3v) is 4.41. The SMILES string of the molecule is CC1(CCc2ccccc2O)CC=Cc2ccccc21. The van der Waals surface area contributed by atoms with Crippen LogP contribution in [0.4, 0.5) is 0 Å². The van der Waals surface area contributed by atoms with Crippen LogP contribution in [0.1, 0.15) is 36.5 Å². The molecule has 2 aromatic carbocycles.